The van der Waals surface area contributed by atoms with E-state index in [1.54, 1.807) is 0 Å². The molecule has 0 saturated carbocycles. The summed E-state index contributed by atoms with van der Waals surface area (Å²) in [6, 6.07) is 8.24. The number of H-pyrrole nitrogens is 1. The van der Waals surface area contributed by atoms with Gasteiger partial charge in [-0.2, -0.15) is 5.26 Å². The zero-order chi connectivity index (χ0) is 12.5. The number of imidazole rings is 1. The van der Waals surface area contributed by atoms with Crippen molar-refractivity contribution in [2.45, 2.75) is 20.8 Å². The van der Waals surface area contributed by atoms with Crippen LogP contribution >= 0.6 is 0 Å². The van der Waals surface area contributed by atoms with E-state index >= 15 is 0 Å². The van der Waals surface area contributed by atoms with Crippen molar-refractivity contribution in [3.8, 4) is 6.07 Å². The first-order valence-corrected chi connectivity index (χ1v) is 5.62. The molecule has 0 radical (unpaired) electrons. The van der Waals surface area contributed by atoms with Crippen LogP contribution in [0.15, 0.2) is 18.2 Å². The number of nitrogens with zero attached hydrogens (tertiary/aromatic N) is 2. The van der Waals surface area contributed by atoms with Crippen LogP contribution in [-0.4, -0.2) is 16.5 Å². The second-order valence-corrected chi connectivity index (χ2v) is 4.90. The number of rotatable bonds is 3. The molecule has 1 aromatic carbocycles. The number of nitriles is 1. The van der Waals surface area contributed by atoms with Gasteiger partial charge in [-0.1, -0.05) is 0 Å². The number of benzene rings is 1. The Kier molecular flexibility index (Phi) is 2.76. The van der Waals surface area contributed by atoms with Crippen molar-refractivity contribution >= 4 is 16.7 Å². The van der Waals surface area contributed by atoms with Crippen molar-refractivity contribution in [3.63, 3.8) is 0 Å². The van der Waals surface area contributed by atoms with Crippen molar-refractivity contribution in [1.82, 2.24) is 9.97 Å². The van der Waals surface area contributed by atoms with E-state index in [-0.39, 0.29) is 5.41 Å². The van der Waals surface area contributed by atoms with Gasteiger partial charge >= 0.3 is 0 Å². The van der Waals surface area contributed by atoms with Crippen LogP contribution in [-0.2, 0) is 0 Å². The topological polar surface area (TPSA) is 64.5 Å². The number of nitrogens with one attached hydrogen (secondary N) is 2. The van der Waals surface area contributed by atoms with Gasteiger partial charge < -0.3 is 10.3 Å². The largest absolute Gasteiger partial charge is 0.383 e. The number of aryl methyl sites for hydroxylation is 1. The molecule has 0 atom stereocenters. The highest BCUT2D eigenvalue weighted by Crippen LogP contribution is 2.19. The predicted molar refractivity (Wildman–Crippen MR) is 68.7 cm³/mol. The third-order valence-corrected chi connectivity index (χ3v) is 2.64. The van der Waals surface area contributed by atoms with Gasteiger partial charge in [0, 0.05) is 12.2 Å². The SMILES string of the molecule is Cc1nc2ccc(NCC(C)(C)C#N)cc2[nH]1. The molecule has 17 heavy (non-hydrogen) atoms. The Morgan fingerprint density at radius 3 is 2.94 bits per heavy atom. The summed E-state index contributed by atoms with van der Waals surface area (Å²) < 4.78 is 0. The highest BCUT2D eigenvalue weighted by Gasteiger charge is 2.15. The van der Waals surface area contributed by atoms with E-state index in [0.717, 1.165) is 22.5 Å². The molecule has 0 unspecified atom stereocenters. The van der Waals surface area contributed by atoms with Gasteiger partial charge in [-0.15, -0.1) is 0 Å². The number of hydrogen-bond acceptors (Lipinski definition) is 3. The quantitative estimate of drug-likeness (QED) is 0.849. The number of aromatic amines is 1. The van der Waals surface area contributed by atoms with E-state index in [1.165, 1.54) is 0 Å². The average molecular weight is 228 g/mol. The molecule has 0 aliphatic carbocycles. The fourth-order valence-electron chi connectivity index (χ4n) is 1.61. The molecule has 2 N–H and O–H groups in total. The maximum atomic E-state index is 8.94. The fourth-order valence-corrected chi connectivity index (χ4v) is 1.61. The van der Waals surface area contributed by atoms with Crippen molar-refractivity contribution in [2.24, 2.45) is 5.41 Å². The van der Waals surface area contributed by atoms with E-state index < -0.39 is 0 Å². The van der Waals surface area contributed by atoms with Gasteiger partial charge in [0.25, 0.3) is 0 Å². The summed E-state index contributed by atoms with van der Waals surface area (Å²) in [5, 5.41) is 12.2. The first-order valence-electron chi connectivity index (χ1n) is 5.62. The molecule has 0 saturated heterocycles. The van der Waals surface area contributed by atoms with Crippen LogP contribution < -0.4 is 5.32 Å². The summed E-state index contributed by atoms with van der Waals surface area (Å²) in [5.41, 5.74) is 2.62. The van der Waals surface area contributed by atoms with Crippen molar-refractivity contribution < 1.29 is 0 Å². The number of fused-ring (bicyclic) bond motifs is 1. The van der Waals surface area contributed by atoms with Crippen LogP contribution in [0.5, 0.6) is 0 Å². The fraction of sp³-hybridized carbons (Fsp3) is 0.385. The molecule has 0 amide bonds. The van der Waals surface area contributed by atoms with E-state index in [0.29, 0.717) is 6.54 Å². The third-order valence-electron chi connectivity index (χ3n) is 2.64. The van der Waals surface area contributed by atoms with Crippen LogP contribution in [0.3, 0.4) is 0 Å². The molecule has 0 fully saturated rings. The minimum absolute atomic E-state index is 0.362. The van der Waals surface area contributed by atoms with E-state index in [2.05, 4.69) is 21.4 Å². The molecule has 1 heterocycles. The lowest BCUT2D eigenvalue weighted by Crippen LogP contribution is -2.20. The van der Waals surface area contributed by atoms with E-state index in [9.17, 15) is 0 Å². The Morgan fingerprint density at radius 1 is 1.47 bits per heavy atom. The normalized spacial score (nSPS) is 11.4. The summed E-state index contributed by atoms with van der Waals surface area (Å²) in [5.74, 6) is 0.912. The standard InChI is InChI=1S/C13H16N4/c1-9-16-11-5-4-10(6-12(11)17-9)15-8-13(2,3)7-14/h4-6,15H,8H2,1-3H3,(H,16,17). The predicted octanol–water partition coefficient (Wildman–Crippen LogP) is 2.83. The van der Waals surface area contributed by atoms with Crippen LogP contribution in [0.4, 0.5) is 5.69 Å². The van der Waals surface area contributed by atoms with Gasteiger partial charge in [0.1, 0.15) is 5.82 Å². The van der Waals surface area contributed by atoms with Crippen molar-refractivity contribution in [2.75, 3.05) is 11.9 Å². The molecular formula is C13H16N4. The molecule has 0 aliphatic heterocycles. The van der Waals surface area contributed by atoms with Gasteiger partial charge in [0.05, 0.1) is 22.5 Å². The first-order chi connectivity index (χ1) is 8.00. The Bertz CT molecular complexity index is 575. The second-order valence-electron chi connectivity index (χ2n) is 4.90. The Hall–Kier alpha value is -2.02. The zero-order valence-electron chi connectivity index (χ0n) is 10.3. The highest BCUT2D eigenvalue weighted by molar-refractivity contribution is 5.79. The molecule has 2 aromatic rings. The smallest absolute Gasteiger partial charge is 0.104 e. The van der Waals surface area contributed by atoms with Crippen LogP contribution in [0.25, 0.3) is 11.0 Å². The molecule has 88 valence electrons. The molecular weight excluding hydrogens is 212 g/mol. The molecule has 0 aliphatic rings. The van der Waals surface area contributed by atoms with Crippen molar-refractivity contribution in [3.05, 3.63) is 24.0 Å². The van der Waals surface area contributed by atoms with Gasteiger partial charge in [0.2, 0.25) is 0 Å². The minimum Gasteiger partial charge on any atom is -0.383 e. The molecule has 1 aromatic heterocycles. The molecule has 4 heteroatoms. The lowest BCUT2D eigenvalue weighted by molar-refractivity contribution is 0.529. The third kappa shape index (κ3) is 2.56. The van der Waals surface area contributed by atoms with Gasteiger partial charge in [0.15, 0.2) is 0 Å². The summed E-state index contributed by atoms with van der Waals surface area (Å²) >= 11 is 0. The monoisotopic (exact) mass is 228 g/mol. The number of anilines is 1. The van der Waals surface area contributed by atoms with Gasteiger partial charge in [-0.25, -0.2) is 4.98 Å². The van der Waals surface area contributed by atoms with E-state index in [4.69, 9.17) is 5.26 Å². The summed E-state index contributed by atoms with van der Waals surface area (Å²) in [4.78, 5) is 7.54. The summed E-state index contributed by atoms with van der Waals surface area (Å²) in [7, 11) is 0. The Morgan fingerprint density at radius 2 is 2.24 bits per heavy atom. The van der Waals surface area contributed by atoms with Crippen LogP contribution in [0.1, 0.15) is 19.7 Å². The summed E-state index contributed by atoms with van der Waals surface area (Å²) in [6.45, 7) is 6.39. The maximum absolute atomic E-state index is 8.94. The molecule has 2 rings (SSSR count). The second kappa shape index (κ2) is 4.10. The number of hydrogen-bond donors (Lipinski definition) is 2. The van der Waals surface area contributed by atoms with Gasteiger partial charge in [-0.3, -0.25) is 0 Å². The maximum Gasteiger partial charge on any atom is 0.104 e. The van der Waals surface area contributed by atoms with Crippen LogP contribution in [0, 0.1) is 23.7 Å². The highest BCUT2D eigenvalue weighted by atomic mass is 14.9. The molecule has 0 bridgehead atoms. The number of aromatic nitrogens is 2. The molecule has 4 nitrogen and oxygen atoms in total. The Balaban J connectivity index is 2.17. The van der Waals surface area contributed by atoms with Gasteiger partial charge in [-0.05, 0) is 39.0 Å². The van der Waals surface area contributed by atoms with E-state index in [1.807, 2.05) is 39.0 Å². The minimum atomic E-state index is -0.362. The van der Waals surface area contributed by atoms with Crippen LogP contribution in [0.2, 0.25) is 0 Å². The average Bonchev–Trinajstić information content (AvgIpc) is 2.66. The molecule has 0 spiro atoms. The first kappa shape index (κ1) is 11.5. The lowest BCUT2D eigenvalue weighted by atomic mass is 9.96. The lowest BCUT2D eigenvalue weighted by Gasteiger charge is -2.16. The summed E-state index contributed by atoms with van der Waals surface area (Å²) in [6.07, 6.45) is 0. The van der Waals surface area contributed by atoms with Crippen molar-refractivity contribution in [1.29, 1.82) is 5.26 Å². The Labute approximate surface area is 101 Å². The zero-order valence-corrected chi connectivity index (χ0v) is 10.3.